The van der Waals surface area contributed by atoms with Gasteiger partial charge in [0, 0.05) is 50.4 Å². The first-order valence-corrected chi connectivity index (χ1v) is 13.0. The van der Waals surface area contributed by atoms with Crippen LogP contribution in [0, 0.1) is 0 Å². The number of morpholine rings is 1. The van der Waals surface area contributed by atoms with Crippen molar-refractivity contribution in [3.8, 4) is 0 Å². The van der Waals surface area contributed by atoms with Crippen LogP contribution < -0.4 is 10.2 Å². The maximum absolute atomic E-state index is 13.8. The number of carbonyl (C=O) groups excluding carboxylic acids is 2. The molecule has 0 aliphatic carbocycles. The van der Waals surface area contributed by atoms with E-state index in [4.69, 9.17) is 9.72 Å². The number of ether oxygens (including phenoxy) is 1. The van der Waals surface area contributed by atoms with Crippen molar-refractivity contribution in [2.45, 2.75) is 44.7 Å². The van der Waals surface area contributed by atoms with Crippen molar-refractivity contribution in [2.24, 2.45) is 0 Å². The zero-order valence-electron chi connectivity index (χ0n) is 21.6. The Kier molecular flexibility index (Phi) is 7.10. The molecule has 5 rings (SSSR count). The van der Waals surface area contributed by atoms with Crippen molar-refractivity contribution in [2.75, 3.05) is 57.4 Å². The van der Waals surface area contributed by atoms with E-state index in [-0.39, 0.29) is 35.9 Å². The van der Waals surface area contributed by atoms with Gasteiger partial charge < -0.3 is 19.9 Å². The molecule has 1 aromatic carbocycles. The Morgan fingerprint density at radius 3 is 2.64 bits per heavy atom. The van der Waals surface area contributed by atoms with Gasteiger partial charge in [0.2, 0.25) is 11.8 Å². The number of aromatic nitrogens is 1. The molecule has 2 aromatic rings. The van der Waals surface area contributed by atoms with Gasteiger partial charge in [-0.25, -0.2) is 0 Å². The molecule has 3 aliphatic heterocycles. The molecule has 8 nitrogen and oxygen atoms in total. The average Bonchev–Trinajstić information content (AvgIpc) is 3.15. The van der Waals surface area contributed by atoms with Crippen molar-refractivity contribution >= 4 is 17.5 Å². The number of benzene rings is 1. The van der Waals surface area contributed by atoms with Crippen LogP contribution in [-0.2, 0) is 26.2 Å². The summed E-state index contributed by atoms with van der Waals surface area (Å²) in [5.74, 6) is 0.105. The van der Waals surface area contributed by atoms with E-state index in [1.54, 1.807) is 0 Å². The fraction of sp³-hybridized carbons (Fsp3) is 0.536. The summed E-state index contributed by atoms with van der Waals surface area (Å²) in [4.78, 5) is 37.8. The molecular weight excluding hydrogens is 454 g/mol. The third kappa shape index (κ3) is 5.16. The summed E-state index contributed by atoms with van der Waals surface area (Å²) in [6.07, 6.45) is 2.71. The number of pyridine rings is 1. The number of nitrogens with zero attached hydrogens (tertiary/aromatic N) is 4. The molecule has 8 heteroatoms. The highest BCUT2D eigenvalue weighted by Crippen LogP contribution is 2.39. The molecule has 0 saturated carbocycles. The lowest BCUT2D eigenvalue weighted by Gasteiger charge is -2.41. The Morgan fingerprint density at radius 1 is 1.14 bits per heavy atom. The maximum atomic E-state index is 13.8. The van der Waals surface area contributed by atoms with Crippen LogP contribution in [0.25, 0.3) is 0 Å². The van der Waals surface area contributed by atoms with E-state index in [1.807, 2.05) is 34.2 Å². The van der Waals surface area contributed by atoms with Crippen LogP contribution in [0.2, 0.25) is 0 Å². The number of carbonyl (C=O) groups is 2. The molecule has 2 fully saturated rings. The fourth-order valence-electron chi connectivity index (χ4n) is 5.59. The average molecular weight is 492 g/mol. The van der Waals surface area contributed by atoms with Gasteiger partial charge in [0.25, 0.3) is 0 Å². The van der Waals surface area contributed by atoms with Gasteiger partial charge in [-0.05, 0) is 30.5 Å². The summed E-state index contributed by atoms with van der Waals surface area (Å²) < 4.78 is 5.42. The first-order chi connectivity index (χ1) is 17.3. The highest BCUT2D eigenvalue weighted by Gasteiger charge is 2.42. The van der Waals surface area contributed by atoms with Crippen LogP contribution in [0.15, 0.2) is 42.6 Å². The van der Waals surface area contributed by atoms with Crippen molar-refractivity contribution in [3.05, 3.63) is 59.4 Å². The lowest BCUT2D eigenvalue weighted by Crippen LogP contribution is -2.63. The van der Waals surface area contributed by atoms with E-state index in [0.29, 0.717) is 45.9 Å². The van der Waals surface area contributed by atoms with Gasteiger partial charge in [-0.3, -0.25) is 19.5 Å². The topological polar surface area (TPSA) is 78.0 Å². The number of hydrogen-bond donors (Lipinski definition) is 1. The number of anilines is 1. The van der Waals surface area contributed by atoms with E-state index >= 15 is 0 Å². The molecule has 3 aliphatic rings. The second-order valence-electron chi connectivity index (χ2n) is 10.9. The van der Waals surface area contributed by atoms with Crippen LogP contribution in [-0.4, -0.2) is 91.2 Å². The minimum Gasteiger partial charge on any atom is -0.378 e. The summed E-state index contributed by atoms with van der Waals surface area (Å²) in [5.41, 5.74) is 3.94. The highest BCUT2D eigenvalue weighted by molar-refractivity contribution is 5.97. The summed E-state index contributed by atoms with van der Waals surface area (Å²) in [5, 5.41) is 3.43. The summed E-state index contributed by atoms with van der Waals surface area (Å²) in [7, 11) is 0. The third-order valence-corrected chi connectivity index (χ3v) is 7.52. The second kappa shape index (κ2) is 10.3. The summed E-state index contributed by atoms with van der Waals surface area (Å²) >= 11 is 0. The fourth-order valence-corrected chi connectivity index (χ4v) is 5.59. The Bertz CT molecular complexity index is 1100. The van der Waals surface area contributed by atoms with E-state index in [1.165, 1.54) is 5.56 Å². The molecule has 0 unspecified atom stereocenters. The zero-order chi connectivity index (χ0) is 25.3. The molecule has 0 bridgehead atoms. The van der Waals surface area contributed by atoms with E-state index in [9.17, 15) is 9.59 Å². The van der Waals surface area contributed by atoms with Gasteiger partial charge in [0.1, 0.15) is 6.04 Å². The monoisotopic (exact) mass is 491 g/mol. The second-order valence-corrected chi connectivity index (χ2v) is 10.9. The Balaban J connectivity index is 1.35. The smallest absolute Gasteiger partial charge is 0.241 e. The van der Waals surface area contributed by atoms with Crippen molar-refractivity contribution in [1.29, 1.82) is 0 Å². The molecule has 0 spiro atoms. The molecule has 2 saturated heterocycles. The largest absolute Gasteiger partial charge is 0.378 e. The quantitative estimate of drug-likeness (QED) is 0.688. The summed E-state index contributed by atoms with van der Waals surface area (Å²) in [6.45, 7) is 10.7. The van der Waals surface area contributed by atoms with Crippen molar-refractivity contribution in [1.82, 2.24) is 20.1 Å². The number of hydrogen-bond acceptors (Lipinski definition) is 6. The van der Waals surface area contributed by atoms with Gasteiger partial charge in [-0.1, -0.05) is 44.2 Å². The molecule has 2 amide bonds. The van der Waals surface area contributed by atoms with Crippen LogP contribution in [0.4, 0.5) is 5.69 Å². The molecule has 1 aromatic heterocycles. The van der Waals surface area contributed by atoms with Crippen molar-refractivity contribution in [3.63, 3.8) is 0 Å². The Morgan fingerprint density at radius 2 is 1.89 bits per heavy atom. The first kappa shape index (κ1) is 24.9. The van der Waals surface area contributed by atoms with Crippen molar-refractivity contribution < 1.29 is 14.3 Å². The van der Waals surface area contributed by atoms with Gasteiger partial charge in [-0.2, -0.15) is 0 Å². The molecule has 2 atom stereocenters. The van der Waals surface area contributed by atoms with E-state index < -0.39 is 0 Å². The van der Waals surface area contributed by atoms with Gasteiger partial charge in [0.15, 0.2) is 0 Å². The molecule has 4 heterocycles. The van der Waals surface area contributed by atoms with E-state index in [2.05, 4.69) is 49.2 Å². The molecule has 36 heavy (non-hydrogen) atoms. The van der Waals surface area contributed by atoms with Crippen LogP contribution in [0.5, 0.6) is 0 Å². The number of fused-ring (bicyclic) bond motifs is 1. The third-order valence-electron chi connectivity index (χ3n) is 7.52. The molecular formula is C28H37N5O3. The lowest BCUT2D eigenvalue weighted by atomic mass is 9.91. The van der Waals surface area contributed by atoms with Gasteiger partial charge in [0.05, 0.1) is 31.1 Å². The Labute approximate surface area is 213 Å². The van der Waals surface area contributed by atoms with E-state index in [0.717, 1.165) is 23.4 Å². The number of amides is 2. The van der Waals surface area contributed by atoms with Gasteiger partial charge in [-0.15, -0.1) is 0 Å². The number of rotatable bonds is 5. The zero-order valence-corrected chi connectivity index (χ0v) is 21.6. The SMILES string of the molecule is C[C@@H]1CN(CC(=O)N2CC(C)(C)c3ncc(Cc4ccccc4)cc32)[C@@H](C(=O)N2CCOCC2)CN1. The molecule has 0 radical (unpaired) electrons. The number of nitrogens with one attached hydrogen (secondary N) is 1. The maximum Gasteiger partial charge on any atom is 0.241 e. The lowest BCUT2D eigenvalue weighted by molar-refractivity contribution is -0.142. The number of piperazine rings is 1. The predicted octanol–water partition coefficient (Wildman–Crippen LogP) is 1.82. The van der Waals surface area contributed by atoms with Crippen LogP contribution in [0.3, 0.4) is 0 Å². The van der Waals surface area contributed by atoms with Gasteiger partial charge >= 0.3 is 0 Å². The van der Waals surface area contributed by atoms with Crippen LogP contribution >= 0.6 is 0 Å². The normalized spacial score (nSPS) is 24.0. The summed E-state index contributed by atoms with van der Waals surface area (Å²) in [6, 6.07) is 12.3. The molecule has 192 valence electrons. The minimum atomic E-state index is -0.346. The Hall–Kier alpha value is -2.81. The molecule has 1 N–H and O–H groups in total. The standard InChI is InChI=1S/C28H37N5O3/c1-20-17-32(24(16-29-20)27(35)31-9-11-36-12-10-31)18-25(34)33-19-28(2,3)26-23(33)14-22(15-30-26)13-21-7-5-4-6-8-21/h4-8,14-15,20,24,29H,9-13,16-19H2,1-3H3/t20-,24-/m1/s1. The predicted molar refractivity (Wildman–Crippen MR) is 139 cm³/mol. The minimum absolute atomic E-state index is 0.0226. The first-order valence-electron chi connectivity index (χ1n) is 13.0. The van der Waals surface area contributed by atoms with Crippen LogP contribution in [0.1, 0.15) is 37.6 Å². The highest BCUT2D eigenvalue weighted by atomic mass is 16.5.